The van der Waals surface area contributed by atoms with E-state index in [1.807, 2.05) is 32.9 Å². The second-order valence-corrected chi connectivity index (χ2v) is 8.79. The Balaban J connectivity index is 1.73. The number of imide groups is 1. The van der Waals surface area contributed by atoms with Gasteiger partial charge in [-0.25, -0.2) is 0 Å². The molecule has 30 heavy (non-hydrogen) atoms. The first-order valence-corrected chi connectivity index (χ1v) is 10.4. The third kappa shape index (κ3) is 4.65. The second-order valence-electron chi connectivity index (χ2n) is 7.97. The molecule has 0 aliphatic carbocycles. The molecule has 2 aromatic rings. The van der Waals surface area contributed by atoms with Crippen LogP contribution in [0, 0.1) is 6.92 Å². The zero-order chi connectivity index (χ0) is 22.1. The van der Waals surface area contributed by atoms with E-state index in [0.29, 0.717) is 27.6 Å². The highest BCUT2D eigenvalue weighted by atomic mass is 35.5. The van der Waals surface area contributed by atoms with Gasteiger partial charge in [-0.15, -0.1) is 0 Å². The number of nitrogens with zero attached hydrogens (tertiary/aromatic N) is 1. The number of benzene rings is 1. The molecule has 2 N–H and O–H groups in total. The smallest absolute Gasteiger partial charge is 0.234 e. The molecular weight excluding hydrogens is 425 g/mol. The van der Waals surface area contributed by atoms with Crippen LogP contribution >= 0.6 is 23.2 Å². The van der Waals surface area contributed by atoms with Gasteiger partial charge in [-0.1, -0.05) is 29.3 Å². The number of amides is 3. The van der Waals surface area contributed by atoms with Crippen molar-refractivity contribution in [2.45, 2.75) is 51.5 Å². The van der Waals surface area contributed by atoms with Crippen molar-refractivity contribution in [3.63, 3.8) is 0 Å². The van der Waals surface area contributed by atoms with Gasteiger partial charge in [0.1, 0.15) is 0 Å². The van der Waals surface area contributed by atoms with Crippen LogP contribution in [0.4, 0.5) is 0 Å². The first kappa shape index (κ1) is 22.2. The van der Waals surface area contributed by atoms with E-state index in [4.69, 9.17) is 23.2 Å². The van der Waals surface area contributed by atoms with Crippen LogP contribution < -0.4 is 10.6 Å². The molecule has 1 unspecified atom stereocenters. The van der Waals surface area contributed by atoms with Crippen LogP contribution in [0.25, 0.3) is 0 Å². The van der Waals surface area contributed by atoms with Gasteiger partial charge in [0, 0.05) is 40.5 Å². The van der Waals surface area contributed by atoms with Crippen molar-refractivity contribution in [3.05, 3.63) is 62.9 Å². The number of aromatic nitrogens is 1. The van der Waals surface area contributed by atoms with Crippen LogP contribution in [-0.4, -0.2) is 22.7 Å². The molecule has 8 heteroatoms. The van der Waals surface area contributed by atoms with Crippen molar-refractivity contribution in [3.8, 4) is 0 Å². The highest BCUT2D eigenvalue weighted by Gasteiger charge is 2.32. The van der Waals surface area contributed by atoms with Gasteiger partial charge in [-0.3, -0.25) is 24.7 Å². The highest BCUT2D eigenvalue weighted by Crippen LogP contribution is 2.37. The minimum absolute atomic E-state index is 0.158. The fourth-order valence-electron chi connectivity index (χ4n) is 3.41. The largest absolute Gasteiger partial charge is 0.351 e. The summed E-state index contributed by atoms with van der Waals surface area (Å²) in [6.45, 7) is 5.79. The molecule has 2 heterocycles. The molecule has 1 atom stereocenters. The third-order valence-corrected chi connectivity index (χ3v) is 6.01. The zero-order valence-corrected chi connectivity index (χ0v) is 18.5. The summed E-state index contributed by atoms with van der Waals surface area (Å²) in [6.07, 6.45) is 2.31. The molecule has 6 nitrogen and oxygen atoms in total. The van der Waals surface area contributed by atoms with Crippen LogP contribution in [0.2, 0.25) is 10.0 Å². The fraction of sp³-hybridized carbons (Fsp3) is 0.364. The lowest BCUT2D eigenvalue weighted by molar-refractivity contribution is -0.134. The van der Waals surface area contributed by atoms with Crippen molar-refractivity contribution in [1.29, 1.82) is 0 Å². The maximum Gasteiger partial charge on any atom is 0.234 e. The summed E-state index contributed by atoms with van der Waals surface area (Å²) >= 11 is 12.8. The number of nitrogens with one attached hydrogen (secondary N) is 2. The Bertz CT molecular complexity index is 980. The average molecular weight is 448 g/mol. The Morgan fingerprint density at radius 2 is 1.90 bits per heavy atom. The van der Waals surface area contributed by atoms with Gasteiger partial charge < -0.3 is 5.32 Å². The third-order valence-electron chi connectivity index (χ3n) is 5.38. The van der Waals surface area contributed by atoms with Gasteiger partial charge >= 0.3 is 0 Å². The van der Waals surface area contributed by atoms with E-state index >= 15 is 0 Å². The molecule has 1 aliphatic rings. The minimum Gasteiger partial charge on any atom is -0.351 e. The summed E-state index contributed by atoms with van der Waals surface area (Å²) in [5.74, 6) is -1.42. The lowest BCUT2D eigenvalue weighted by atomic mass is 9.84. The van der Waals surface area contributed by atoms with Gasteiger partial charge in [0.15, 0.2) is 0 Å². The summed E-state index contributed by atoms with van der Waals surface area (Å²) in [5.41, 5.74) is 2.16. The van der Waals surface area contributed by atoms with E-state index in [1.165, 1.54) is 0 Å². The van der Waals surface area contributed by atoms with E-state index in [2.05, 4.69) is 15.6 Å². The summed E-state index contributed by atoms with van der Waals surface area (Å²) < 4.78 is 0. The molecule has 0 bridgehead atoms. The van der Waals surface area contributed by atoms with Gasteiger partial charge in [0.05, 0.1) is 11.3 Å². The number of hydrogen-bond acceptors (Lipinski definition) is 4. The van der Waals surface area contributed by atoms with Crippen LogP contribution in [0.15, 0.2) is 30.5 Å². The van der Waals surface area contributed by atoms with E-state index in [1.54, 1.807) is 18.3 Å². The van der Waals surface area contributed by atoms with Crippen molar-refractivity contribution < 1.29 is 14.4 Å². The Morgan fingerprint density at radius 1 is 1.23 bits per heavy atom. The van der Waals surface area contributed by atoms with Crippen LogP contribution in [0.3, 0.4) is 0 Å². The summed E-state index contributed by atoms with van der Waals surface area (Å²) in [4.78, 5) is 40.6. The van der Waals surface area contributed by atoms with E-state index < -0.39 is 17.2 Å². The average Bonchev–Trinajstić information content (AvgIpc) is 2.67. The van der Waals surface area contributed by atoms with E-state index in [9.17, 15) is 14.4 Å². The molecule has 1 aliphatic heterocycles. The Morgan fingerprint density at radius 3 is 2.47 bits per heavy atom. The number of aryl methyl sites for hydroxylation is 1. The van der Waals surface area contributed by atoms with Crippen LogP contribution in [-0.2, 0) is 26.3 Å². The molecule has 1 fully saturated rings. The van der Waals surface area contributed by atoms with Crippen LogP contribution in [0.5, 0.6) is 0 Å². The number of halogens is 2. The molecule has 0 saturated carbocycles. The van der Waals surface area contributed by atoms with Crippen molar-refractivity contribution in [2.24, 2.45) is 0 Å². The van der Waals surface area contributed by atoms with Gasteiger partial charge in [0.2, 0.25) is 17.7 Å². The number of pyridine rings is 1. The van der Waals surface area contributed by atoms with Gasteiger partial charge in [-0.2, -0.15) is 0 Å². The number of hydrogen-bond donors (Lipinski definition) is 2. The van der Waals surface area contributed by atoms with E-state index in [-0.39, 0.29) is 24.8 Å². The Labute approximate surface area is 185 Å². The maximum atomic E-state index is 12.8. The molecule has 0 spiro atoms. The van der Waals surface area contributed by atoms with Crippen molar-refractivity contribution >= 4 is 40.9 Å². The monoisotopic (exact) mass is 447 g/mol. The number of piperidine rings is 1. The van der Waals surface area contributed by atoms with Crippen LogP contribution in [0.1, 0.15) is 55.0 Å². The summed E-state index contributed by atoms with van der Waals surface area (Å²) in [5, 5.41) is 5.90. The Hall–Kier alpha value is -2.44. The highest BCUT2D eigenvalue weighted by molar-refractivity contribution is 6.36. The van der Waals surface area contributed by atoms with E-state index in [0.717, 1.165) is 11.3 Å². The predicted octanol–water partition coefficient (Wildman–Crippen LogP) is 3.81. The fourth-order valence-corrected chi connectivity index (χ4v) is 4.21. The minimum atomic E-state index is -0.763. The molecule has 1 aromatic heterocycles. The van der Waals surface area contributed by atoms with Crippen molar-refractivity contribution in [2.75, 3.05) is 0 Å². The zero-order valence-electron chi connectivity index (χ0n) is 17.0. The van der Waals surface area contributed by atoms with Gasteiger partial charge in [0.25, 0.3) is 0 Å². The summed E-state index contributed by atoms with van der Waals surface area (Å²) in [7, 11) is 0. The normalized spacial score (nSPS) is 16.9. The molecule has 1 aromatic carbocycles. The lowest BCUT2D eigenvalue weighted by Crippen LogP contribution is -2.40. The Kier molecular flexibility index (Phi) is 6.48. The first-order chi connectivity index (χ1) is 14.1. The molecule has 1 saturated heterocycles. The number of carbonyl (C=O) groups excluding carboxylic acids is 3. The SMILES string of the molecule is Cc1ccc(C(C)(C)C(=O)NCc2cc(Cl)c(C3CCC(=O)NC3=O)c(Cl)c2)cn1. The second kappa shape index (κ2) is 8.74. The van der Waals surface area contributed by atoms with Crippen molar-refractivity contribution in [1.82, 2.24) is 15.6 Å². The molecule has 3 rings (SSSR count). The molecule has 3 amide bonds. The number of carbonyl (C=O) groups is 3. The first-order valence-electron chi connectivity index (χ1n) is 9.62. The topological polar surface area (TPSA) is 88.2 Å². The summed E-state index contributed by atoms with van der Waals surface area (Å²) in [6, 6.07) is 7.14. The standard InChI is InChI=1S/C22H23Cl2N3O3/c1-12-4-5-14(11-25-12)22(2,3)21(30)26-10-13-8-16(23)19(17(24)9-13)15-6-7-18(28)27-20(15)29/h4-5,8-9,11,15H,6-7,10H2,1-3H3,(H,26,30)(H,27,28,29). The predicted molar refractivity (Wildman–Crippen MR) is 115 cm³/mol. The van der Waals surface area contributed by atoms with Gasteiger partial charge in [-0.05, 0) is 56.5 Å². The number of rotatable bonds is 5. The molecular formula is C22H23Cl2N3O3. The lowest BCUT2D eigenvalue weighted by Gasteiger charge is -2.25. The maximum absolute atomic E-state index is 12.8. The quantitative estimate of drug-likeness (QED) is 0.681. The molecule has 158 valence electrons. The molecule has 0 radical (unpaired) electrons.